The molecule has 2 aromatic rings. The smallest absolute Gasteiger partial charge is 0.254 e. The number of aromatic nitrogens is 2. The van der Waals surface area contributed by atoms with Gasteiger partial charge in [0.2, 0.25) is 0 Å². The predicted molar refractivity (Wildman–Crippen MR) is 62.1 cm³/mol. The number of carbonyl (C=O) groups is 1. The minimum Gasteiger partial charge on any atom is -0.461 e. The van der Waals surface area contributed by atoms with Gasteiger partial charge in [0, 0.05) is 0 Å². The molecule has 0 aliphatic rings. The summed E-state index contributed by atoms with van der Waals surface area (Å²) in [6, 6.07) is 1.80. The second-order valence-corrected chi connectivity index (χ2v) is 3.69. The van der Waals surface area contributed by atoms with Gasteiger partial charge >= 0.3 is 0 Å². The van der Waals surface area contributed by atoms with Gasteiger partial charge in [0.05, 0.1) is 12.0 Å². The molecule has 0 saturated carbocycles. The lowest BCUT2D eigenvalue weighted by Gasteiger charge is -2.06. The lowest BCUT2D eigenvalue weighted by atomic mass is 10.2. The third kappa shape index (κ3) is 1.84. The molecule has 0 radical (unpaired) electrons. The summed E-state index contributed by atoms with van der Waals surface area (Å²) in [5, 5.41) is 0. The topological polar surface area (TPSA) is 108 Å². The monoisotopic (exact) mass is 232 g/mol. The van der Waals surface area contributed by atoms with Gasteiger partial charge in [-0.15, -0.1) is 0 Å². The summed E-state index contributed by atoms with van der Waals surface area (Å²) in [4.78, 5) is 19.3. The molecule has 6 nitrogen and oxygen atoms in total. The molecule has 0 aromatic carbocycles. The molecule has 0 spiro atoms. The molecular formula is C11H12N4O2. The first-order valence-electron chi connectivity index (χ1n) is 4.99. The van der Waals surface area contributed by atoms with Crippen LogP contribution in [0.15, 0.2) is 16.7 Å². The number of primary amides is 1. The van der Waals surface area contributed by atoms with Gasteiger partial charge in [-0.05, 0) is 25.5 Å². The number of anilines is 1. The highest BCUT2D eigenvalue weighted by Crippen LogP contribution is 2.23. The average molecular weight is 232 g/mol. The van der Waals surface area contributed by atoms with E-state index in [1.807, 2.05) is 6.92 Å². The number of nitrogens with zero attached hydrogens (tertiary/aromatic N) is 2. The van der Waals surface area contributed by atoms with E-state index >= 15 is 0 Å². The first-order chi connectivity index (χ1) is 8.00. The molecule has 17 heavy (non-hydrogen) atoms. The molecule has 4 N–H and O–H groups in total. The van der Waals surface area contributed by atoms with Crippen molar-refractivity contribution in [1.29, 1.82) is 0 Å². The number of amides is 1. The van der Waals surface area contributed by atoms with Crippen molar-refractivity contribution in [2.24, 2.45) is 5.73 Å². The van der Waals surface area contributed by atoms with Crippen molar-refractivity contribution < 1.29 is 9.21 Å². The molecule has 88 valence electrons. The Hall–Kier alpha value is -2.37. The number of carbonyl (C=O) groups excluding carboxylic acids is 1. The number of furan rings is 1. The average Bonchev–Trinajstić information content (AvgIpc) is 2.62. The molecule has 2 aromatic heterocycles. The van der Waals surface area contributed by atoms with Crippen LogP contribution in [0.2, 0.25) is 0 Å². The SMILES string of the molecule is Cc1ccoc1-c1nc(C)c(C(N)=O)c(N)n1. The molecule has 0 atom stereocenters. The van der Waals surface area contributed by atoms with E-state index in [1.165, 1.54) is 0 Å². The van der Waals surface area contributed by atoms with Gasteiger partial charge in [-0.1, -0.05) is 0 Å². The van der Waals surface area contributed by atoms with E-state index in [2.05, 4.69) is 9.97 Å². The van der Waals surface area contributed by atoms with Crippen LogP contribution in [0.25, 0.3) is 11.6 Å². The van der Waals surface area contributed by atoms with Crippen molar-refractivity contribution in [3.8, 4) is 11.6 Å². The number of hydrogen-bond acceptors (Lipinski definition) is 5. The third-order valence-electron chi connectivity index (χ3n) is 2.43. The fraction of sp³-hybridized carbons (Fsp3) is 0.182. The Morgan fingerprint density at radius 3 is 2.53 bits per heavy atom. The maximum absolute atomic E-state index is 11.1. The van der Waals surface area contributed by atoms with Crippen molar-refractivity contribution in [3.63, 3.8) is 0 Å². The Balaban J connectivity index is 2.61. The van der Waals surface area contributed by atoms with E-state index in [1.54, 1.807) is 19.3 Å². The molecular weight excluding hydrogens is 220 g/mol. The summed E-state index contributed by atoms with van der Waals surface area (Å²) in [5.74, 6) is 0.321. The Morgan fingerprint density at radius 1 is 1.35 bits per heavy atom. The van der Waals surface area contributed by atoms with Crippen LogP contribution in [-0.4, -0.2) is 15.9 Å². The van der Waals surface area contributed by atoms with Crippen LogP contribution in [0.5, 0.6) is 0 Å². The fourth-order valence-corrected chi connectivity index (χ4v) is 1.60. The minimum atomic E-state index is -0.636. The Labute approximate surface area is 97.7 Å². The Kier molecular flexibility index (Phi) is 2.55. The number of nitrogen functional groups attached to an aromatic ring is 1. The van der Waals surface area contributed by atoms with Gasteiger partial charge in [0.25, 0.3) is 5.91 Å². The predicted octanol–water partition coefficient (Wildman–Crippen LogP) is 1.03. The molecule has 0 aliphatic heterocycles. The van der Waals surface area contributed by atoms with Crippen LogP contribution >= 0.6 is 0 Å². The van der Waals surface area contributed by atoms with E-state index in [9.17, 15) is 4.79 Å². The molecule has 0 unspecified atom stereocenters. The maximum atomic E-state index is 11.1. The zero-order chi connectivity index (χ0) is 12.6. The van der Waals surface area contributed by atoms with Gasteiger partial charge in [0.1, 0.15) is 11.4 Å². The molecule has 6 heteroatoms. The zero-order valence-electron chi connectivity index (χ0n) is 9.52. The number of aryl methyl sites for hydroxylation is 2. The highest BCUT2D eigenvalue weighted by molar-refractivity contribution is 5.98. The Bertz CT molecular complexity index is 566. The summed E-state index contributed by atoms with van der Waals surface area (Å²) < 4.78 is 5.26. The quantitative estimate of drug-likeness (QED) is 0.804. The van der Waals surface area contributed by atoms with Gasteiger partial charge in [-0.2, -0.15) is 0 Å². The zero-order valence-corrected chi connectivity index (χ0v) is 9.52. The highest BCUT2D eigenvalue weighted by Gasteiger charge is 2.17. The summed E-state index contributed by atoms with van der Waals surface area (Å²) in [7, 11) is 0. The van der Waals surface area contributed by atoms with Gasteiger partial charge in [0.15, 0.2) is 11.6 Å². The van der Waals surface area contributed by atoms with E-state index in [4.69, 9.17) is 15.9 Å². The van der Waals surface area contributed by atoms with Gasteiger partial charge in [-0.25, -0.2) is 9.97 Å². The van der Waals surface area contributed by atoms with Crippen molar-refractivity contribution in [1.82, 2.24) is 9.97 Å². The summed E-state index contributed by atoms with van der Waals surface area (Å²) in [5.41, 5.74) is 12.4. The molecule has 2 rings (SSSR count). The van der Waals surface area contributed by atoms with Crippen LogP contribution in [0.4, 0.5) is 5.82 Å². The minimum absolute atomic E-state index is 0.0656. The number of nitrogens with two attached hydrogens (primary N) is 2. The number of rotatable bonds is 2. The van der Waals surface area contributed by atoms with Crippen LogP contribution in [0.3, 0.4) is 0 Å². The molecule has 0 aliphatic carbocycles. The normalized spacial score (nSPS) is 10.5. The van der Waals surface area contributed by atoms with Crippen LogP contribution < -0.4 is 11.5 Å². The largest absolute Gasteiger partial charge is 0.461 e. The fourth-order valence-electron chi connectivity index (χ4n) is 1.60. The summed E-state index contributed by atoms with van der Waals surface area (Å²) in [6.07, 6.45) is 1.54. The number of hydrogen-bond donors (Lipinski definition) is 2. The standard InChI is InChI=1S/C11H12N4O2/c1-5-3-4-17-8(5)11-14-6(2)7(10(13)16)9(12)15-11/h3-4H,1-2H3,(H2,13,16)(H2,12,14,15). The van der Waals surface area contributed by atoms with E-state index in [0.717, 1.165) is 5.56 Å². The van der Waals surface area contributed by atoms with Crippen molar-refractivity contribution in [2.75, 3.05) is 5.73 Å². The highest BCUT2D eigenvalue weighted by atomic mass is 16.3. The third-order valence-corrected chi connectivity index (χ3v) is 2.43. The van der Waals surface area contributed by atoms with Crippen molar-refractivity contribution in [2.45, 2.75) is 13.8 Å². The van der Waals surface area contributed by atoms with Crippen LogP contribution in [0.1, 0.15) is 21.6 Å². The van der Waals surface area contributed by atoms with E-state index in [0.29, 0.717) is 17.3 Å². The lowest BCUT2D eigenvalue weighted by molar-refractivity contribution is 0.1000. The first kappa shape index (κ1) is 11.1. The summed E-state index contributed by atoms with van der Waals surface area (Å²) >= 11 is 0. The molecule has 1 amide bonds. The first-order valence-corrected chi connectivity index (χ1v) is 4.99. The maximum Gasteiger partial charge on any atom is 0.254 e. The lowest BCUT2D eigenvalue weighted by Crippen LogP contribution is -2.17. The molecule has 0 fully saturated rings. The second kappa shape index (κ2) is 3.89. The molecule has 2 heterocycles. The van der Waals surface area contributed by atoms with Crippen molar-refractivity contribution in [3.05, 3.63) is 29.2 Å². The van der Waals surface area contributed by atoms with Crippen LogP contribution in [0, 0.1) is 13.8 Å². The summed E-state index contributed by atoms with van der Waals surface area (Å²) in [6.45, 7) is 3.52. The molecule has 0 saturated heterocycles. The second-order valence-electron chi connectivity index (χ2n) is 3.69. The Morgan fingerprint density at radius 2 is 2.06 bits per heavy atom. The van der Waals surface area contributed by atoms with E-state index < -0.39 is 5.91 Å². The van der Waals surface area contributed by atoms with Crippen LogP contribution in [-0.2, 0) is 0 Å². The molecule has 0 bridgehead atoms. The van der Waals surface area contributed by atoms with Gasteiger partial charge in [-0.3, -0.25) is 4.79 Å². The van der Waals surface area contributed by atoms with E-state index in [-0.39, 0.29) is 11.4 Å². The van der Waals surface area contributed by atoms with Gasteiger partial charge < -0.3 is 15.9 Å². The van der Waals surface area contributed by atoms with Crippen molar-refractivity contribution >= 4 is 11.7 Å².